The molecule has 31 heavy (non-hydrogen) atoms. The number of rotatable bonds is 2. The van der Waals surface area contributed by atoms with Crippen molar-refractivity contribution < 1.29 is 36.6 Å². The maximum absolute atomic E-state index is 14.7. The monoisotopic (exact) mass is 472 g/mol. The molecule has 7 nitrogen and oxygen atoms in total. The molecule has 2 fully saturated rings. The van der Waals surface area contributed by atoms with Crippen molar-refractivity contribution in [3.8, 4) is 0 Å². The number of hydrogen-bond donors (Lipinski definition) is 1. The second-order valence-electron chi connectivity index (χ2n) is 7.95. The number of thiazole rings is 1. The number of hydrogen-bond acceptors (Lipinski definition) is 5. The lowest BCUT2D eigenvalue weighted by molar-refractivity contribution is -0.192. The number of halogens is 5. The molecule has 1 aromatic heterocycles. The van der Waals surface area contributed by atoms with Crippen LogP contribution in [0.3, 0.4) is 0 Å². The summed E-state index contributed by atoms with van der Waals surface area (Å²) in [5, 5.41) is 10.1. The van der Waals surface area contributed by atoms with Gasteiger partial charge in [-0.15, -0.1) is 11.3 Å². The van der Waals surface area contributed by atoms with Crippen LogP contribution >= 0.6 is 11.3 Å². The first kappa shape index (κ1) is 25.2. The van der Waals surface area contributed by atoms with Gasteiger partial charge < -0.3 is 14.9 Å². The minimum Gasteiger partial charge on any atom is -0.475 e. The first-order valence-electron chi connectivity index (χ1n) is 9.44. The van der Waals surface area contributed by atoms with Gasteiger partial charge in [0, 0.05) is 52.1 Å². The molecule has 3 rings (SSSR count). The van der Waals surface area contributed by atoms with E-state index in [9.17, 15) is 26.7 Å². The second-order valence-corrected chi connectivity index (χ2v) is 9.02. The van der Waals surface area contributed by atoms with Crippen molar-refractivity contribution in [1.29, 1.82) is 0 Å². The van der Waals surface area contributed by atoms with E-state index >= 15 is 0 Å². The fraction of sp³-hybridized carbons (Fsp3) is 0.722. The number of carbonyl (C=O) groups excluding carboxylic acids is 1. The van der Waals surface area contributed by atoms with Crippen molar-refractivity contribution in [3.05, 3.63) is 16.1 Å². The van der Waals surface area contributed by atoms with Crippen LogP contribution in [-0.4, -0.2) is 89.2 Å². The van der Waals surface area contributed by atoms with Crippen LogP contribution < -0.4 is 0 Å². The lowest BCUT2D eigenvalue weighted by Gasteiger charge is -2.46. The summed E-state index contributed by atoms with van der Waals surface area (Å²) < 4.78 is 61.2. The molecule has 0 aromatic carbocycles. The zero-order chi connectivity index (χ0) is 23.6. The van der Waals surface area contributed by atoms with Crippen molar-refractivity contribution in [1.82, 2.24) is 19.7 Å². The molecule has 2 aliphatic rings. The van der Waals surface area contributed by atoms with E-state index in [1.807, 2.05) is 17.2 Å². The Morgan fingerprint density at radius 2 is 1.84 bits per heavy atom. The number of carboxylic acids is 1. The van der Waals surface area contributed by atoms with Gasteiger partial charge >= 0.3 is 18.2 Å². The normalized spacial score (nSPS) is 23.4. The van der Waals surface area contributed by atoms with E-state index in [1.165, 1.54) is 4.90 Å². The number of carboxylic acid groups (broad SMARTS) is 1. The van der Waals surface area contributed by atoms with Crippen molar-refractivity contribution in [2.45, 2.75) is 38.4 Å². The molecule has 0 bridgehead atoms. The summed E-state index contributed by atoms with van der Waals surface area (Å²) in [7, 11) is 3.32. The molecule has 0 radical (unpaired) electrons. The van der Waals surface area contributed by atoms with Crippen molar-refractivity contribution in [2.24, 2.45) is 5.41 Å². The fourth-order valence-corrected chi connectivity index (χ4v) is 4.38. The average Bonchev–Trinajstić information content (AvgIpc) is 3.24. The molecule has 0 saturated carbocycles. The summed E-state index contributed by atoms with van der Waals surface area (Å²) in [4.78, 5) is 30.6. The Morgan fingerprint density at radius 3 is 2.32 bits per heavy atom. The molecule has 1 N–H and O–H groups in total. The molecular weight excluding hydrogens is 447 g/mol. The molecule has 2 aliphatic heterocycles. The number of aromatic nitrogens is 1. The number of piperidine rings is 1. The summed E-state index contributed by atoms with van der Waals surface area (Å²) in [6.07, 6.45) is -4.92. The fourth-order valence-electron chi connectivity index (χ4n) is 3.78. The number of aliphatic carboxylic acids is 1. The van der Waals surface area contributed by atoms with Gasteiger partial charge in [-0.1, -0.05) is 0 Å². The summed E-state index contributed by atoms with van der Waals surface area (Å²) >= 11 is 1.58. The highest BCUT2D eigenvalue weighted by Gasteiger charge is 2.59. The van der Waals surface area contributed by atoms with E-state index in [1.54, 1.807) is 30.3 Å². The average molecular weight is 472 g/mol. The highest BCUT2D eigenvalue weighted by Crippen LogP contribution is 2.49. The Bertz CT molecular complexity index is 801. The molecule has 2 saturated heterocycles. The predicted octanol–water partition coefficient (Wildman–Crippen LogP) is 3.30. The quantitative estimate of drug-likeness (QED) is 0.669. The first-order valence-corrected chi connectivity index (χ1v) is 10.3. The van der Waals surface area contributed by atoms with E-state index in [0.717, 1.165) is 10.7 Å². The van der Waals surface area contributed by atoms with E-state index in [-0.39, 0.29) is 25.5 Å². The Kier molecular flexibility index (Phi) is 7.51. The molecule has 3 heterocycles. The number of aryl methyl sites for hydroxylation is 1. The van der Waals surface area contributed by atoms with Crippen LogP contribution in [0, 0.1) is 12.3 Å². The molecule has 1 unspecified atom stereocenters. The molecule has 13 heteroatoms. The molecule has 1 atom stereocenters. The predicted molar refractivity (Wildman–Crippen MR) is 103 cm³/mol. The summed E-state index contributed by atoms with van der Waals surface area (Å²) in [6, 6.07) is -0.182. The van der Waals surface area contributed by atoms with Gasteiger partial charge in [-0.2, -0.15) is 13.2 Å². The van der Waals surface area contributed by atoms with Crippen LogP contribution in [0.4, 0.5) is 26.7 Å². The largest absolute Gasteiger partial charge is 0.490 e. The van der Waals surface area contributed by atoms with Gasteiger partial charge in [0.05, 0.1) is 16.1 Å². The zero-order valence-corrected chi connectivity index (χ0v) is 18.2. The summed E-state index contributed by atoms with van der Waals surface area (Å²) in [5.41, 5.74) is -0.197. The first-order chi connectivity index (χ1) is 14.2. The van der Waals surface area contributed by atoms with Gasteiger partial charge in [0.15, 0.2) is 0 Å². The van der Waals surface area contributed by atoms with Gasteiger partial charge in [0.2, 0.25) is 0 Å². The lowest BCUT2D eigenvalue weighted by atomic mass is 9.75. The van der Waals surface area contributed by atoms with Gasteiger partial charge in [0.1, 0.15) is 0 Å². The van der Waals surface area contributed by atoms with E-state index in [0.29, 0.717) is 26.1 Å². The highest BCUT2D eigenvalue weighted by atomic mass is 32.1. The Morgan fingerprint density at radius 1 is 1.23 bits per heavy atom. The molecule has 1 aromatic rings. The van der Waals surface area contributed by atoms with E-state index in [4.69, 9.17) is 9.90 Å². The minimum absolute atomic E-state index is 0.122. The van der Waals surface area contributed by atoms with Crippen molar-refractivity contribution in [2.75, 3.05) is 40.3 Å². The molecule has 0 aliphatic carbocycles. The summed E-state index contributed by atoms with van der Waals surface area (Å²) in [6.45, 7) is 3.73. The van der Waals surface area contributed by atoms with Gasteiger partial charge in [-0.25, -0.2) is 23.4 Å². The third-order valence-electron chi connectivity index (χ3n) is 5.35. The zero-order valence-electron chi connectivity index (χ0n) is 17.4. The second kappa shape index (κ2) is 9.23. The standard InChI is InChI=1S/C16H24F2N4OS.C2HF3O2/c1-12-19-13(9-24-12)8-21-6-4-15(10-21)11-22(14(23)20(2)3)7-5-16(15,17)18;3-2(4,5)1(6)7/h9H,4-8,10-11H2,1-3H3;(H,6,7). The molecule has 176 valence electrons. The van der Waals surface area contributed by atoms with Gasteiger partial charge in [-0.05, 0) is 19.9 Å². The number of alkyl halides is 5. The Balaban J connectivity index is 0.000000423. The van der Waals surface area contributed by atoms with Gasteiger partial charge in [-0.3, -0.25) is 4.90 Å². The Labute approximate surface area is 180 Å². The number of likely N-dealkylation sites (tertiary alicyclic amines) is 2. The minimum atomic E-state index is -5.08. The third kappa shape index (κ3) is 6.03. The van der Waals surface area contributed by atoms with Crippen LogP contribution in [0.5, 0.6) is 0 Å². The lowest BCUT2D eigenvalue weighted by Crippen LogP contribution is -2.59. The van der Waals surface area contributed by atoms with Crippen LogP contribution in [0.25, 0.3) is 0 Å². The SMILES string of the molecule is Cc1nc(CN2CCC3(C2)CN(C(=O)N(C)C)CCC3(F)F)cs1.O=C(O)C(F)(F)F. The highest BCUT2D eigenvalue weighted by molar-refractivity contribution is 7.09. The Hall–Kier alpha value is -2.02. The number of carbonyl (C=O) groups is 2. The van der Waals surface area contributed by atoms with Crippen LogP contribution in [0.2, 0.25) is 0 Å². The number of nitrogens with zero attached hydrogens (tertiary/aromatic N) is 4. The van der Waals surface area contributed by atoms with Crippen molar-refractivity contribution >= 4 is 23.3 Å². The van der Waals surface area contributed by atoms with Crippen molar-refractivity contribution in [3.63, 3.8) is 0 Å². The number of amides is 2. The van der Waals surface area contributed by atoms with Gasteiger partial charge in [0.25, 0.3) is 5.92 Å². The molecular formula is C18H25F5N4O3S. The van der Waals surface area contributed by atoms with Crippen LogP contribution in [0.15, 0.2) is 5.38 Å². The van der Waals surface area contributed by atoms with E-state index in [2.05, 4.69) is 4.98 Å². The smallest absolute Gasteiger partial charge is 0.475 e. The molecule has 1 spiro atoms. The maximum atomic E-state index is 14.7. The maximum Gasteiger partial charge on any atom is 0.490 e. The topological polar surface area (TPSA) is 77.0 Å². The molecule has 2 amide bonds. The van der Waals surface area contributed by atoms with Crippen LogP contribution in [0.1, 0.15) is 23.5 Å². The third-order valence-corrected chi connectivity index (χ3v) is 6.17. The summed E-state index contributed by atoms with van der Waals surface area (Å²) in [5.74, 6) is -5.49. The van der Waals surface area contributed by atoms with Crippen LogP contribution in [-0.2, 0) is 11.3 Å². The van der Waals surface area contributed by atoms with E-state index < -0.39 is 23.5 Å². The number of urea groups is 1.